The summed E-state index contributed by atoms with van der Waals surface area (Å²) in [6.07, 6.45) is 3.31. The van der Waals surface area contributed by atoms with Crippen LogP contribution in [-0.4, -0.2) is 35.2 Å². The Kier molecular flexibility index (Phi) is 6.82. The molecule has 0 fully saturated rings. The van der Waals surface area contributed by atoms with Crippen molar-refractivity contribution in [2.75, 3.05) is 5.32 Å². The average Bonchev–Trinajstić information content (AvgIpc) is 3.40. The lowest BCUT2D eigenvalue weighted by Gasteiger charge is -2.08. The summed E-state index contributed by atoms with van der Waals surface area (Å²) in [4.78, 5) is 34.4. The van der Waals surface area contributed by atoms with Gasteiger partial charge in [0.2, 0.25) is 11.0 Å². The van der Waals surface area contributed by atoms with Gasteiger partial charge in [-0.3, -0.25) is 14.8 Å². The molecule has 0 spiro atoms. The molecule has 37 heavy (non-hydrogen) atoms. The standard InChI is InChI=1S/C26H19N9OS/c1-16-11-22(33-26-34-23(12-27)37-35-26)32-24(31-16)19-8-10-21(29-15-19)25(36)30-14-17-7-9-20(28-13-17)18-5-3-2-4-6-18/h2-11,13,15H,14H2,1H3,(H,30,36)(H,31,32,33,35). The number of nitrogens with one attached hydrogen (secondary N) is 2. The third-order valence-corrected chi connectivity index (χ3v) is 5.84. The molecule has 0 aliphatic heterocycles. The molecule has 5 rings (SSSR count). The van der Waals surface area contributed by atoms with E-state index < -0.39 is 0 Å². The van der Waals surface area contributed by atoms with Gasteiger partial charge in [0.1, 0.15) is 17.6 Å². The molecule has 1 aromatic carbocycles. The molecule has 0 unspecified atom stereocenters. The van der Waals surface area contributed by atoms with Gasteiger partial charge in [-0.05, 0) is 42.2 Å². The largest absolute Gasteiger partial charge is 0.347 e. The smallest absolute Gasteiger partial charge is 0.270 e. The van der Waals surface area contributed by atoms with E-state index in [0.29, 0.717) is 29.7 Å². The maximum Gasteiger partial charge on any atom is 0.270 e. The van der Waals surface area contributed by atoms with E-state index in [0.717, 1.165) is 34.0 Å². The third kappa shape index (κ3) is 5.77. The fourth-order valence-corrected chi connectivity index (χ4v) is 3.87. The second-order valence-corrected chi connectivity index (χ2v) is 8.66. The third-order valence-electron chi connectivity index (χ3n) is 5.22. The van der Waals surface area contributed by atoms with Gasteiger partial charge in [-0.25, -0.2) is 9.97 Å². The highest BCUT2D eigenvalue weighted by atomic mass is 32.1. The number of rotatable bonds is 7. The molecule has 10 nitrogen and oxygen atoms in total. The Balaban J connectivity index is 1.23. The van der Waals surface area contributed by atoms with E-state index in [1.165, 1.54) is 0 Å². The first-order valence-electron chi connectivity index (χ1n) is 11.2. The first kappa shape index (κ1) is 23.7. The van der Waals surface area contributed by atoms with Gasteiger partial charge >= 0.3 is 0 Å². The molecule has 0 saturated carbocycles. The maximum atomic E-state index is 12.6. The predicted molar refractivity (Wildman–Crippen MR) is 139 cm³/mol. The number of aromatic nitrogens is 6. The Morgan fingerprint density at radius 1 is 0.973 bits per heavy atom. The van der Waals surface area contributed by atoms with Crippen LogP contribution in [0.25, 0.3) is 22.6 Å². The first-order chi connectivity index (χ1) is 18.1. The fraction of sp³-hybridized carbons (Fsp3) is 0.0769. The zero-order valence-electron chi connectivity index (χ0n) is 19.6. The summed E-state index contributed by atoms with van der Waals surface area (Å²) in [6, 6.07) is 20.8. The van der Waals surface area contributed by atoms with E-state index in [-0.39, 0.29) is 16.6 Å². The minimum Gasteiger partial charge on any atom is -0.347 e. The molecule has 5 aromatic rings. The van der Waals surface area contributed by atoms with E-state index in [4.69, 9.17) is 5.26 Å². The highest BCUT2D eigenvalue weighted by molar-refractivity contribution is 7.06. The van der Waals surface area contributed by atoms with Crippen LogP contribution in [0.3, 0.4) is 0 Å². The molecule has 11 heteroatoms. The molecule has 0 atom stereocenters. The Morgan fingerprint density at radius 2 is 1.84 bits per heavy atom. The SMILES string of the molecule is Cc1cc(Nc2nsc(C#N)n2)nc(-c2ccc(C(=O)NCc3ccc(-c4ccccc4)nc3)nc2)n1. The van der Waals surface area contributed by atoms with Crippen molar-refractivity contribution in [1.82, 2.24) is 34.6 Å². The topological polar surface area (TPSA) is 142 Å². The van der Waals surface area contributed by atoms with Crippen LogP contribution in [0.1, 0.15) is 26.8 Å². The molecule has 4 heterocycles. The van der Waals surface area contributed by atoms with Crippen molar-refractivity contribution in [3.8, 4) is 28.7 Å². The van der Waals surface area contributed by atoms with E-state index in [1.807, 2.05) is 55.5 Å². The van der Waals surface area contributed by atoms with Gasteiger partial charge in [0.05, 0.1) is 5.69 Å². The van der Waals surface area contributed by atoms with Gasteiger partial charge in [-0.15, -0.1) is 0 Å². The Bertz CT molecular complexity index is 1580. The molecule has 0 aliphatic carbocycles. The van der Waals surface area contributed by atoms with Gasteiger partial charge < -0.3 is 10.6 Å². The van der Waals surface area contributed by atoms with E-state index in [1.54, 1.807) is 30.6 Å². The van der Waals surface area contributed by atoms with Crippen molar-refractivity contribution in [3.05, 3.63) is 95.0 Å². The molecule has 180 valence electrons. The van der Waals surface area contributed by atoms with Crippen LogP contribution in [0.15, 0.2) is 73.1 Å². The minimum atomic E-state index is -0.297. The van der Waals surface area contributed by atoms with E-state index >= 15 is 0 Å². The number of hydrogen-bond acceptors (Lipinski definition) is 10. The lowest BCUT2D eigenvalue weighted by molar-refractivity contribution is 0.0946. The monoisotopic (exact) mass is 505 g/mol. The predicted octanol–water partition coefficient (Wildman–Crippen LogP) is 4.31. The minimum absolute atomic E-state index is 0.257. The highest BCUT2D eigenvalue weighted by Gasteiger charge is 2.12. The fourth-order valence-electron chi connectivity index (χ4n) is 3.44. The van der Waals surface area contributed by atoms with Crippen molar-refractivity contribution in [2.24, 2.45) is 0 Å². The molecule has 0 saturated heterocycles. The molecule has 0 bridgehead atoms. The molecule has 4 aromatic heterocycles. The van der Waals surface area contributed by atoms with Crippen LogP contribution < -0.4 is 10.6 Å². The summed E-state index contributed by atoms with van der Waals surface area (Å²) < 4.78 is 4.08. The normalized spacial score (nSPS) is 10.5. The number of nitrogens with zero attached hydrogens (tertiary/aromatic N) is 7. The van der Waals surface area contributed by atoms with Crippen molar-refractivity contribution < 1.29 is 4.79 Å². The Hall–Kier alpha value is -5.08. The summed E-state index contributed by atoms with van der Waals surface area (Å²) in [7, 11) is 0. The van der Waals surface area contributed by atoms with E-state index in [2.05, 4.69) is 39.9 Å². The maximum absolute atomic E-state index is 12.6. The van der Waals surface area contributed by atoms with Crippen molar-refractivity contribution in [3.63, 3.8) is 0 Å². The van der Waals surface area contributed by atoms with E-state index in [9.17, 15) is 4.79 Å². The van der Waals surface area contributed by atoms with Gasteiger partial charge in [0.25, 0.3) is 5.91 Å². The van der Waals surface area contributed by atoms with Crippen molar-refractivity contribution in [2.45, 2.75) is 13.5 Å². The number of aryl methyl sites for hydroxylation is 1. The molecule has 2 N–H and O–H groups in total. The van der Waals surface area contributed by atoms with Gasteiger partial charge in [0, 0.05) is 41.8 Å². The molecule has 1 amide bonds. The first-order valence-corrected chi connectivity index (χ1v) is 12.0. The second kappa shape index (κ2) is 10.7. The summed E-state index contributed by atoms with van der Waals surface area (Å²) in [5.41, 5.74) is 4.44. The number of hydrogen-bond donors (Lipinski definition) is 2. The number of pyridine rings is 2. The van der Waals surface area contributed by atoms with Crippen LogP contribution in [-0.2, 0) is 6.54 Å². The van der Waals surface area contributed by atoms with Crippen LogP contribution in [0.4, 0.5) is 11.8 Å². The number of carbonyl (C=O) groups excluding carboxylic acids is 1. The van der Waals surface area contributed by atoms with Gasteiger partial charge in [-0.1, -0.05) is 36.4 Å². The molecule has 0 aliphatic rings. The zero-order valence-corrected chi connectivity index (χ0v) is 20.4. The van der Waals surface area contributed by atoms with Crippen LogP contribution in [0.5, 0.6) is 0 Å². The van der Waals surface area contributed by atoms with Gasteiger partial charge in [0.15, 0.2) is 5.82 Å². The number of nitriles is 1. The average molecular weight is 506 g/mol. The number of amides is 1. The zero-order chi connectivity index (χ0) is 25.6. The summed E-state index contributed by atoms with van der Waals surface area (Å²) in [6.45, 7) is 2.17. The molecular formula is C26H19N9OS. The van der Waals surface area contributed by atoms with Crippen LogP contribution in [0, 0.1) is 18.3 Å². The molecular weight excluding hydrogens is 486 g/mol. The Labute approximate surface area is 216 Å². The number of benzene rings is 1. The van der Waals surface area contributed by atoms with Gasteiger partial charge in [-0.2, -0.15) is 14.6 Å². The van der Waals surface area contributed by atoms with Crippen LogP contribution >= 0.6 is 11.5 Å². The second-order valence-electron chi connectivity index (χ2n) is 7.91. The highest BCUT2D eigenvalue weighted by Crippen LogP contribution is 2.20. The number of carbonyl (C=O) groups is 1. The lowest BCUT2D eigenvalue weighted by atomic mass is 10.1. The number of anilines is 2. The van der Waals surface area contributed by atoms with Crippen LogP contribution in [0.2, 0.25) is 0 Å². The molecule has 0 radical (unpaired) electrons. The summed E-state index contributed by atoms with van der Waals surface area (Å²) in [5.74, 6) is 0.913. The Morgan fingerprint density at radius 3 is 2.54 bits per heavy atom. The lowest BCUT2D eigenvalue weighted by Crippen LogP contribution is -2.23. The quantitative estimate of drug-likeness (QED) is 0.331. The van der Waals surface area contributed by atoms with Crippen molar-refractivity contribution >= 4 is 29.2 Å². The summed E-state index contributed by atoms with van der Waals surface area (Å²) in [5, 5.41) is 15.0. The summed E-state index contributed by atoms with van der Waals surface area (Å²) >= 11 is 1.00. The van der Waals surface area contributed by atoms with Crippen molar-refractivity contribution in [1.29, 1.82) is 5.26 Å².